The quantitative estimate of drug-likeness (QED) is 0.161. The van der Waals surface area contributed by atoms with Crippen molar-refractivity contribution in [2.75, 3.05) is 0 Å². The van der Waals surface area contributed by atoms with Crippen LogP contribution in [-0.4, -0.2) is 25.8 Å². The minimum atomic E-state index is -0.224. The monoisotopic (exact) mass is 1250 g/mol. The highest BCUT2D eigenvalue weighted by atomic mass is 15.0. The summed E-state index contributed by atoms with van der Waals surface area (Å²) in [6.07, 6.45) is 0. The van der Waals surface area contributed by atoms with E-state index in [0.29, 0.717) is 5.82 Å². The summed E-state index contributed by atoms with van der Waals surface area (Å²) in [4.78, 5) is 11.4. The van der Waals surface area contributed by atoms with Crippen LogP contribution in [0.1, 0.15) is 211 Å². The molecule has 0 fully saturated rings. The SMILES string of the molecule is CC(C)(C)c1cc(-c2ccc3c4c2c2c(C(C)(C)C)cc(C(C)(C)C)cc2n4-c2cc(-c4nc(-c5ccccc5)cc(-c5ccccc5)n4)cc4c2B3c2ccc(-c3cc(C(C)(C)C)cc(C(C)(C)C)c3)c3c5c(C(C)(C)C)cc(C(C)(C)C)cc5n-4c23)cc(C(C)(C)C)c1. The zero-order valence-corrected chi connectivity index (χ0v) is 61.5. The second-order valence-electron chi connectivity index (χ2n) is 36.5. The summed E-state index contributed by atoms with van der Waals surface area (Å²) in [5, 5.41) is 5.28. The Hall–Kier alpha value is -8.28. The molecular weight excluding hydrogens is 1150 g/mol. The molecule has 0 amide bonds. The molecule has 0 saturated carbocycles. The van der Waals surface area contributed by atoms with Crippen molar-refractivity contribution in [2.45, 2.75) is 209 Å². The van der Waals surface area contributed by atoms with Crippen molar-refractivity contribution < 1.29 is 0 Å². The van der Waals surface area contributed by atoms with Crippen LogP contribution >= 0.6 is 0 Å². The number of fused-ring (bicyclic) bond motifs is 10. The Labute approximate surface area is 567 Å². The first-order valence-electron chi connectivity index (χ1n) is 35.0. The van der Waals surface area contributed by atoms with Crippen molar-refractivity contribution in [3.8, 4) is 67.5 Å². The molecule has 0 spiro atoms. The molecule has 95 heavy (non-hydrogen) atoms. The van der Waals surface area contributed by atoms with Gasteiger partial charge in [-0.3, -0.25) is 0 Å². The molecule has 3 aromatic heterocycles. The maximum atomic E-state index is 5.72. The average Bonchev–Trinajstić information content (AvgIpc) is 1.53. The molecule has 14 rings (SSSR count). The third kappa shape index (κ3) is 10.6. The molecule has 0 unspecified atom stereocenters. The minimum absolute atomic E-state index is 0.0837. The van der Waals surface area contributed by atoms with Crippen molar-refractivity contribution in [1.29, 1.82) is 0 Å². The van der Waals surface area contributed by atoms with Crippen molar-refractivity contribution in [2.24, 2.45) is 0 Å². The van der Waals surface area contributed by atoms with E-state index < -0.39 is 0 Å². The van der Waals surface area contributed by atoms with E-state index in [0.717, 1.165) is 28.1 Å². The van der Waals surface area contributed by atoms with Gasteiger partial charge in [0.05, 0.1) is 33.5 Å². The lowest BCUT2D eigenvalue weighted by Gasteiger charge is -2.35. The predicted molar refractivity (Wildman–Crippen MR) is 412 cm³/mol. The van der Waals surface area contributed by atoms with E-state index in [-0.39, 0.29) is 50.0 Å². The van der Waals surface area contributed by atoms with E-state index in [4.69, 9.17) is 9.97 Å². The first-order chi connectivity index (χ1) is 44.2. The fraction of sp³-hybridized carbons (Fsp3) is 0.356. The summed E-state index contributed by atoms with van der Waals surface area (Å²) < 4.78 is 5.47. The molecule has 0 radical (unpaired) electrons. The summed E-state index contributed by atoms with van der Waals surface area (Å²) in [7, 11) is 0. The summed E-state index contributed by atoms with van der Waals surface area (Å²) in [6, 6.07) is 64.0. The smallest absolute Gasteiger partial charge is 0.252 e. The van der Waals surface area contributed by atoms with Crippen LogP contribution in [0, 0.1) is 0 Å². The van der Waals surface area contributed by atoms with E-state index in [1.54, 1.807) is 0 Å². The van der Waals surface area contributed by atoms with Crippen molar-refractivity contribution in [1.82, 2.24) is 19.1 Å². The highest BCUT2D eigenvalue weighted by Crippen LogP contribution is 2.51. The van der Waals surface area contributed by atoms with Crippen molar-refractivity contribution >= 4 is 66.7 Å². The third-order valence-corrected chi connectivity index (χ3v) is 21.0. The zero-order valence-electron chi connectivity index (χ0n) is 61.5. The molecule has 2 aliphatic heterocycles. The molecule has 2 aliphatic rings. The average molecular weight is 1250 g/mol. The van der Waals surface area contributed by atoms with Gasteiger partial charge in [-0.05, 0) is 157 Å². The van der Waals surface area contributed by atoms with Gasteiger partial charge in [0.1, 0.15) is 0 Å². The predicted octanol–water partition coefficient (Wildman–Crippen LogP) is 22.5. The molecule has 0 atom stereocenters. The fourth-order valence-electron chi connectivity index (χ4n) is 15.4. The van der Waals surface area contributed by atoms with Gasteiger partial charge in [-0.25, -0.2) is 9.97 Å². The van der Waals surface area contributed by atoms with Gasteiger partial charge in [0.25, 0.3) is 6.71 Å². The lowest BCUT2D eigenvalue weighted by Crippen LogP contribution is -2.59. The molecule has 12 aromatic rings. The number of hydrogen-bond donors (Lipinski definition) is 0. The second-order valence-corrected chi connectivity index (χ2v) is 36.5. The van der Waals surface area contributed by atoms with E-state index in [9.17, 15) is 0 Å². The molecule has 4 nitrogen and oxygen atoms in total. The zero-order chi connectivity index (χ0) is 68.1. The third-order valence-electron chi connectivity index (χ3n) is 21.0. The number of nitrogens with zero attached hydrogens (tertiary/aromatic N) is 4. The molecule has 482 valence electrons. The molecule has 5 heteroatoms. The largest absolute Gasteiger partial charge is 0.310 e. The molecular formula is C90H99BN4. The van der Waals surface area contributed by atoms with E-state index in [2.05, 4.69) is 339 Å². The van der Waals surface area contributed by atoms with Gasteiger partial charge in [0, 0.05) is 49.6 Å². The summed E-state index contributed by atoms with van der Waals surface area (Å²) in [5.41, 5.74) is 30.9. The van der Waals surface area contributed by atoms with Gasteiger partial charge in [-0.2, -0.15) is 0 Å². The van der Waals surface area contributed by atoms with E-state index in [1.807, 2.05) is 0 Å². The van der Waals surface area contributed by atoms with Gasteiger partial charge >= 0.3 is 0 Å². The summed E-state index contributed by atoms with van der Waals surface area (Å²) >= 11 is 0. The molecule has 0 saturated heterocycles. The van der Waals surface area contributed by atoms with Gasteiger partial charge in [-0.15, -0.1) is 0 Å². The number of aromatic nitrogens is 4. The Morgan fingerprint density at radius 3 is 0.926 bits per heavy atom. The Kier molecular flexibility index (Phi) is 14.2. The van der Waals surface area contributed by atoms with Crippen LogP contribution in [-0.2, 0) is 43.3 Å². The van der Waals surface area contributed by atoms with Crippen LogP contribution in [0.4, 0.5) is 0 Å². The number of rotatable bonds is 5. The maximum Gasteiger partial charge on any atom is 0.252 e. The van der Waals surface area contributed by atoms with Crippen LogP contribution < -0.4 is 16.4 Å². The van der Waals surface area contributed by atoms with Crippen LogP contribution in [0.2, 0.25) is 0 Å². The van der Waals surface area contributed by atoms with E-state index in [1.165, 1.54) is 138 Å². The lowest BCUT2D eigenvalue weighted by atomic mass is 9.34. The van der Waals surface area contributed by atoms with Crippen LogP contribution in [0.5, 0.6) is 0 Å². The Balaban J connectivity index is 1.24. The maximum absolute atomic E-state index is 5.72. The van der Waals surface area contributed by atoms with Crippen molar-refractivity contribution in [3.05, 3.63) is 208 Å². The standard InChI is InChI=1S/C90H99BN4/c1-83(2,3)57-39-54(40-58(45-57)84(4,5)6)63-35-37-67-80-75(63)77-65(89(19,20)21)47-61(87(13,14)15)49-71(77)94(80)73-43-56(82-92-69(52-31-27-25-28-32-52)51-70(93-82)53-33-29-26-30-34-53)44-74-79(73)91(67)68-38-36-64(55-41-59(85(7,8)9)46-60(42-55)86(10,11)12)76-78-66(90(22,23)24)48-62(88(16,17)18)50-72(78)95(74)81(68)76/h25-51H,1-24H3. The van der Waals surface area contributed by atoms with Crippen molar-refractivity contribution in [3.63, 3.8) is 0 Å². The first-order valence-corrected chi connectivity index (χ1v) is 35.0. The van der Waals surface area contributed by atoms with Crippen LogP contribution in [0.3, 0.4) is 0 Å². The minimum Gasteiger partial charge on any atom is -0.310 e. The van der Waals surface area contributed by atoms with E-state index >= 15 is 0 Å². The Bertz CT molecular complexity index is 4780. The highest BCUT2D eigenvalue weighted by molar-refractivity contribution is 7.00. The Morgan fingerprint density at radius 2 is 0.611 bits per heavy atom. The molecule has 0 N–H and O–H groups in total. The normalized spacial score (nSPS) is 13.9. The topological polar surface area (TPSA) is 35.6 Å². The second kappa shape index (κ2) is 21.1. The van der Waals surface area contributed by atoms with Crippen LogP contribution in [0.15, 0.2) is 164 Å². The Morgan fingerprint density at radius 1 is 0.284 bits per heavy atom. The van der Waals surface area contributed by atoms with Gasteiger partial charge in [-0.1, -0.05) is 300 Å². The van der Waals surface area contributed by atoms with Gasteiger partial charge < -0.3 is 9.13 Å². The molecule has 5 heterocycles. The summed E-state index contributed by atoms with van der Waals surface area (Å²) in [5.74, 6) is 0.694. The highest BCUT2D eigenvalue weighted by Gasteiger charge is 2.44. The van der Waals surface area contributed by atoms with Crippen LogP contribution in [0.25, 0.3) is 111 Å². The summed E-state index contributed by atoms with van der Waals surface area (Å²) in [6.45, 7) is 57.2. The van der Waals surface area contributed by atoms with Gasteiger partial charge in [0.15, 0.2) is 5.82 Å². The number of benzene rings is 9. The lowest BCUT2D eigenvalue weighted by molar-refractivity contribution is 0.568. The van der Waals surface area contributed by atoms with Gasteiger partial charge in [0.2, 0.25) is 0 Å². The molecule has 0 aliphatic carbocycles. The number of hydrogen-bond acceptors (Lipinski definition) is 2. The molecule has 0 bridgehead atoms. The fourth-order valence-corrected chi connectivity index (χ4v) is 15.4. The first kappa shape index (κ1) is 64.1. The molecule has 9 aromatic carbocycles.